The molecule has 5 amide bonds. The molecular formula is C55H70N8O19. The number of fused-ring (bicyclic) bond motifs is 2. The highest BCUT2D eigenvalue weighted by molar-refractivity contribution is 6.25. The van der Waals surface area contributed by atoms with Gasteiger partial charge in [0, 0.05) is 37.5 Å². The van der Waals surface area contributed by atoms with Gasteiger partial charge in [0.1, 0.15) is 35.3 Å². The maximum atomic E-state index is 13.2. The summed E-state index contributed by atoms with van der Waals surface area (Å²) in [4.78, 5) is 84.2. The fourth-order valence-electron chi connectivity index (χ4n) is 7.97. The number of amides is 5. The van der Waals surface area contributed by atoms with Crippen molar-refractivity contribution in [3.63, 3.8) is 0 Å². The van der Waals surface area contributed by atoms with Gasteiger partial charge in [-0.15, -0.1) is 0 Å². The van der Waals surface area contributed by atoms with E-state index in [1.54, 1.807) is 55.6 Å². The van der Waals surface area contributed by atoms with Crippen LogP contribution in [0.1, 0.15) is 44.0 Å². The molecule has 3 N–H and O–H groups in total. The van der Waals surface area contributed by atoms with Gasteiger partial charge >= 0.3 is 0 Å². The predicted molar refractivity (Wildman–Crippen MR) is 291 cm³/mol. The van der Waals surface area contributed by atoms with Crippen molar-refractivity contribution in [3.05, 3.63) is 94.0 Å². The van der Waals surface area contributed by atoms with Crippen LogP contribution >= 0.6 is 0 Å². The van der Waals surface area contributed by atoms with Crippen LogP contribution in [0, 0.1) is 0 Å². The molecule has 0 bridgehead atoms. The molecule has 1 unspecified atom stereocenters. The van der Waals surface area contributed by atoms with Crippen LogP contribution in [-0.2, 0) is 68.7 Å². The zero-order valence-corrected chi connectivity index (χ0v) is 45.8. The molecular weight excluding hydrogens is 1080 g/mol. The Morgan fingerprint density at radius 3 is 1.71 bits per heavy atom. The van der Waals surface area contributed by atoms with Gasteiger partial charge in [-0.05, 0) is 55.0 Å². The summed E-state index contributed by atoms with van der Waals surface area (Å²) < 4.78 is 73.6. The van der Waals surface area contributed by atoms with Crippen molar-refractivity contribution in [1.82, 2.24) is 30.0 Å². The molecule has 0 aliphatic carbocycles. The van der Waals surface area contributed by atoms with E-state index in [0.717, 1.165) is 4.90 Å². The third-order valence-corrected chi connectivity index (χ3v) is 12.0. The number of ether oxygens (including phenoxy) is 12. The first-order valence-electron chi connectivity index (χ1n) is 27.0. The first-order valence-corrected chi connectivity index (χ1v) is 27.0. The van der Waals surface area contributed by atoms with Gasteiger partial charge in [-0.2, -0.15) is 5.10 Å². The molecule has 27 heteroatoms. The number of nitrogens with zero attached hydrogens (tertiary/aromatic N) is 5. The average molecular weight is 1150 g/mol. The number of benzene rings is 2. The second-order valence-electron chi connectivity index (χ2n) is 17.9. The second-order valence-corrected chi connectivity index (χ2v) is 17.9. The Kier molecular flexibility index (Phi) is 26.6. The highest BCUT2D eigenvalue weighted by Crippen LogP contribution is 2.32. The molecule has 3 aromatic heterocycles. The molecule has 444 valence electrons. The number of anilines is 2. The molecule has 0 saturated carbocycles. The summed E-state index contributed by atoms with van der Waals surface area (Å²) in [6.07, 6.45) is 1.62. The Morgan fingerprint density at radius 2 is 1.18 bits per heavy atom. The number of hydrogen-bond donors (Lipinski definition) is 3. The van der Waals surface area contributed by atoms with Crippen molar-refractivity contribution in [1.29, 1.82) is 0 Å². The Balaban J connectivity index is 0.552. The van der Waals surface area contributed by atoms with E-state index in [2.05, 4.69) is 31.0 Å². The largest absolute Gasteiger partial charge is 0.490 e. The lowest BCUT2D eigenvalue weighted by molar-refractivity contribution is -0.136. The summed E-state index contributed by atoms with van der Waals surface area (Å²) in [5.74, 6) is -1.87. The van der Waals surface area contributed by atoms with E-state index in [4.69, 9.17) is 61.3 Å². The Hall–Kier alpha value is -7.15. The topological polar surface area (TPSA) is 309 Å². The quantitative estimate of drug-likeness (QED) is 0.0373. The normalized spacial score (nSPS) is 14.2. The maximum Gasteiger partial charge on any atom is 0.274 e. The number of oxazole rings is 1. The minimum atomic E-state index is -1.02. The van der Waals surface area contributed by atoms with Crippen molar-refractivity contribution in [2.45, 2.75) is 18.9 Å². The number of nitrogens with one attached hydrogen (secondary N) is 3. The first-order chi connectivity index (χ1) is 40.2. The number of carbonyl (C=O) groups excluding carboxylic acids is 5. The first kappa shape index (κ1) is 62.5. The third-order valence-electron chi connectivity index (χ3n) is 12.0. The van der Waals surface area contributed by atoms with Crippen molar-refractivity contribution in [2.75, 3.05) is 169 Å². The molecule has 2 aromatic carbocycles. The van der Waals surface area contributed by atoms with Crippen molar-refractivity contribution in [2.24, 2.45) is 7.05 Å². The second kappa shape index (κ2) is 35.0. The van der Waals surface area contributed by atoms with Crippen molar-refractivity contribution in [3.8, 4) is 17.3 Å². The smallest absolute Gasteiger partial charge is 0.274 e. The lowest BCUT2D eigenvalue weighted by Crippen LogP contribution is -2.54. The molecule has 0 spiro atoms. The molecule has 27 nitrogen and oxygen atoms in total. The van der Waals surface area contributed by atoms with Crippen LogP contribution in [0.2, 0.25) is 0 Å². The summed E-state index contributed by atoms with van der Waals surface area (Å²) >= 11 is 0. The Labute approximate surface area is 472 Å². The third kappa shape index (κ3) is 20.4. The van der Waals surface area contributed by atoms with E-state index in [0.29, 0.717) is 192 Å². The molecule has 2 aliphatic rings. The maximum absolute atomic E-state index is 13.2. The summed E-state index contributed by atoms with van der Waals surface area (Å²) in [6, 6.07) is 15.1. The minimum Gasteiger partial charge on any atom is -0.490 e. The lowest BCUT2D eigenvalue weighted by atomic mass is 10.0. The molecule has 5 aromatic rings. The number of aryl methyl sites for hydroxylation is 1. The minimum absolute atomic E-state index is 0.0561. The number of pyridine rings is 1. The number of rotatable bonds is 42. The molecule has 5 heterocycles. The lowest BCUT2D eigenvalue weighted by Gasteiger charge is -2.27. The van der Waals surface area contributed by atoms with Crippen LogP contribution in [-0.4, -0.2) is 219 Å². The number of piperidine rings is 1. The Morgan fingerprint density at radius 1 is 0.634 bits per heavy atom. The van der Waals surface area contributed by atoms with Crippen molar-refractivity contribution < 1.29 is 85.2 Å². The fourth-order valence-corrected chi connectivity index (χ4v) is 7.97. The molecule has 1 saturated heterocycles. The SMILES string of the molecule is Cn1nc(-c2nc3cc(NC(=O)c4ccc(OCCOCCOCCOCCOCCOCCOCCOCCOCCOCCOCCOCCNc5cccc6c5C(=O)N(C5CCC(=O)NC5=O)C6=O)cn4)ccc3o2)ccc1=O. The van der Waals surface area contributed by atoms with Gasteiger partial charge in [0.2, 0.25) is 17.7 Å². The van der Waals surface area contributed by atoms with Gasteiger partial charge in [0.25, 0.3) is 23.3 Å². The molecule has 1 atom stereocenters. The summed E-state index contributed by atoms with van der Waals surface area (Å²) in [6.45, 7) is 9.82. The van der Waals surface area contributed by atoms with Gasteiger partial charge < -0.3 is 71.9 Å². The van der Waals surface area contributed by atoms with Gasteiger partial charge in [-0.1, -0.05) is 6.07 Å². The molecule has 82 heavy (non-hydrogen) atoms. The summed E-state index contributed by atoms with van der Waals surface area (Å²) in [5, 5.41) is 12.3. The zero-order chi connectivity index (χ0) is 57.6. The van der Waals surface area contributed by atoms with Gasteiger partial charge in [-0.25, -0.2) is 14.6 Å². The van der Waals surface area contributed by atoms with Gasteiger partial charge in [-0.3, -0.25) is 39.0 Å². The van der Waals surface area contributed by atoms with Crippen LogP contribution in [0.5, 0.6) is 5.75 Å². The van der Waals surface area contributed by atoms with Gasteiger partial charge in [0.15, 0.2) is 5.58 Å². The van der Waals surface area contributed by atoms with E-state index in [1.165, 1.54) is 23.0 Å². The van der Waals surface area contributed by atoms with Crippen LogP contribution in [0.3, 0.4) is 0 Å². The van der Waals surface area contributed by atoms with Crippen molar-refractivity contribution >= 4 is 52.0 Å². The van der Waals surface area contributed by atoms with E-state index in [-0.39, 0.29) is 41.1 Å². The van der Waals surface area contributed by atoms with Crippen LogP contribution in [0.15, 0.2) is 76.1 Å². The summed E-state index contributed by atoms with van der Waals surface area (Å²) in [7, 11) is 1.54. The summed E-state index contributed by atoms with van der Waals surface area (Å²) in [5.41, 5.74) is 2.75. The number of aromatic nitrogens is 4. The standard InChI is InChI=1S/C55H70N8O19/c1-62-49(65)12-8-44(61-62)53-59-45-37-39(5-10-47(45)82-53)58-51(66)43-7-6-40(38-57-43)81-36-35-80-34-33-79-32-31-78-30-29-77-28-27-76-26-25-75-24-23-74-22-21-73-20-19-72-18-17-71-16-15-70-14-13-56-42-4-2-3-41-50(42)55(69)63(54(41)68)46-9-11-48(64)60-52(46)67/h2-8,10,12,37-38,46,56H,9,11,13-36H2,1H3,(H,58,66)(H,60,64,67). The molecule has 7 rings (SSSR count). The molecule has 0 radical (unpaired) electrons. The zero-order valence-electron chi connectivity index (χ0n) is 45.8. The van der Waals surface area contributed by atoms with E-state index in [9.17, 15) is 28.8 Å². The predicted octanol–water partition coefficient (Wildman–Crippen LogP) is 2.31. The molecule has 2 aliphatic heterocycles. The number of hydrogen-bond acceptors (Lipinski definition) is 23. The van der Waals surface area contributed by atoms with E-state index >= 15 is 0 Å². The average Bonchev–Trinajstić information content (AvgIpc) is 4.25. The number of carbonyl (C=O) groups is 5. The fraction of sp³-hybridized carbons (Fsp3) is 0.509. The molecule has 1 fully saturated rings. The van der Waals surface area contributed by atoms with Crippen LogP contribution in [0.4, 0.5) is 11.4 Å². The van der Waals surface area contributed by atoms with E-state index in [1.807, 2.05) is 0 Å². The number of imide groups is 2. The van der Waals surface area contributed by atoms with Gasteiger partial charge in [0.05, 0.1) is 163 Å². The highest BCUT2D eigenvalue weighted by atomic mass is 16.6. The van der Waals surface area contributed by atoms with Crippen LogP contribution < -0.4 is 26.2 Å². The monoisotopic (exact) mass is 1150 g/mol. The van der Waals surface area contributed by atoms with E-state index < -0.39 is 35.6 Å². The Bertz CT molecular complexity index is 2870. The highest BCUT2D eigenvalue weighted by Gasteiger charge is 2.45. The van der Waals surface area contributed by atoms with Crippen LogP contribution in [0.25, 0.3) is 22.7 Å².